The average Bonchev–Trinajstić information content (AvgIpc) is 2.69. The molecular weight excluding hydrogens is 364 g/mol. The van der Waals surface area contributed by atoms with Gasteiger partial charge < -0.3 is 14.5 Å². The quantitative estimate of drug-likeness (QED) is 0.809. The Balaban J connectivity index is 1.53. The van der Waals surface area contributed by atoms with Crippen LogP contribution in [0.4, 0.5) is 0 Å². The van der Waals surface area contributed by atoms with E-state index in [9.17, 15) is 9.59 Å². The second-order valence-electron chi connectivity index (χ2n) is 6.70. The van der Waals surface area contributed by atoms with E-state index in [0.717, 1.165) is 5.56 Å². The van der Waals surface area contributed by atoms with Crippen molar-refractivity contribution in [1.29, 1.82) is 0 Å². The molecule has 0 saturated carbocycles. The van der Waals surface area contributed by atoms with Crippen LogP contribution in [0.2, 0.25) is 5.02 Å². The molecule has 1 unspecified atom stereocenters. The SMILES string of the molecule is Cc1ccc(C(=O)N2CCN(C(=O)C(C)Oc3ccc(Cl)cc3)CC2)cc1. The number of hydrogen-bond donors (Lipinski definition) is 0. The number of halogens is 1. The topological polar surface area (TPSA) is 49.9 Å². The molecule has 1 fully saturated rings. The van der Waals surface area contributed by atoms with Gasteiger partial charge in [-0.3, -0.25) is 9.59 Å². The maximum absolute atomic E-state index is 12.6. The molecule has 0 aliphatic carbocycles. The number of carbonyl (C=O) groups excluding carboxylic acids is 2. The summed E-state index contributed by atoms with van der Waals surface area (Å²) in [4.78, 5) is 28.7. The molecule has 1 heterocycles. The molecule has 2 aromatic carbocycles. The highest BCUT2D eigenvalue weighted by Gasteiger charge is 2.28. The molecule has 0 spiro atoms. The Bertz CT molecular complexity index is 797. The van der Waals surface area contributed by atoms with Crippen LogP contribution in [0.25, 0.3) is 0 Å². The molecule has 1 aliphatic heterocycles. The second kappa shape index (κ2) is 8.44. The van der Waals surface area contributed by atoms with Crippen LogP contribution in [0.5, 0.6) is 5.75 Å². The molecule has 2 amide bonds. The minimum atomic E-state index is -0.592. The van der Waals surface area contributed by atoms with E-state index in [4.69, 9.17) is 16.3 Å². The zero-order chi connectivity index (χ0) is 19.4. The largest absolute Gasteiger partial charge is 0.481 e. The minimum Gasteiger partial charge on any atom is -0.481 e. The van der Waals surface area contributed by atoms with E-state index in [1.807, 2.05) is 31.2 Å². The summed E-state index contributed by atoms with van der Waals surface area (Å²) in [7, 11) is 0. The second-order valence-corrected chi connectivity index (χ2v) is 7.13. The van der Waals surface area contributed by atoms with Gasteiger partial charge in [0.05, 0.1) is 0 Å². The first-order chi connectivity index (χ1) is 12.9. The van der Waals surface area contributed by atoms with E-state index < -0.39 is 6.10 Å². The van der Waals surface area contributed by atoms with Gasteiger partial charge in [-0.15, -0.1) is 0 Å². The summed E-state index contributed by atoms with van der Waals surface area (Å²) < 4.78 is 5.71. The molecular formula is C21H23ClN2O3. The van der Waals surface area contributed by atoms with Gasteiger partial charge in [0.2, 0.25) is 0 Å². The minimum absolute atomic E-state index is 0.00700. The first kappa shape index (κ1) is 19.2. The number of ether oxygens (including phenoxy) is 1. The summed E-state index contributed by atoms with van der Waals surface area (Å²) in [6.45, 7) is 5.78. The molecule has 0 radical (unpaired) electrons. The summed E-state index contributed by atoms with van der Waals surface area (Å²) in [5, 5.41) is 0.621. The fourth-order valence-electron chi connectivity index (χ4n) is 3.03. The van der Waals surface area contributed by atoms with Crippen LogP contribution in [0.1, 0.15) is 22.8 Å². The number of hydrogen-bond acceptors (Lipinski definition) is 3. The van der Waals surface area contributed by atoms with Gasteiger partial charge in [-0.1, -0.05) is 29.3 Å². The van der Waals surface area contributed by atoms with E-state index in [1.165, 1.54) is 0 Å². The first-order valence-corrected chi connectivity index (χ1v) is 9.39. The lowest BCUT2D eigenvalue weighted by atomic mass is 10.1. The predicted molar refractivity (Wildman–Crippen MR) is 105 cm³/mol. The molecule has 0 N–H and O–H groups in total. The monoisotopic (exact) mass is 386 g/mol. The van der Waals surface area contributed by atoms with Crippen molar-refractivity contribution in [3.63, 3.8) is 0 Å². The van der Waals surface area contributed by atoms with Crippen LogP contribution >= 0.6 is 11.6 Å². The number of benzene rings is 2. The number of carbonyl (C=O) groups is 2. The number of piperazine rings is 1. The van der Waals surface area contributed by atoms with Gasteiger partial charge in [0, 0.05) is 36.8 Å². The molecule has 1 saturated heterocycles. The van der Waals surface area contributed by atoms with Gasteiger partial charge >= 0.3 is 0 Å². The lowest BCUT2D eigenvalue weighted by Gasteiger charge is -2.36. The fourth-order valence-corrected chi connectivity index (χ4v) is 3.16. The molecule has 3 rings (SSSR count). The summed E-state index contributed by atoms with van der Waals surface area (Å²) in [6, 6.07) is 14.5. The van der Waals surface area contributed by atoms with Crippen LogP contribution in [-0.2, 0) is 4.79 Å². The van der Waals surface area contributed by atoms with Gasteiger partial charge in [-0.2, -0.15) is 0 Å². The van der Waals surface area contributed by atoms with Gasteiger partial charge in [0.1, 0.15) is 5.75 Å². The van der Waals surface area contributed by atoms with Crippen molar-refractivity contribution in [2.75, 3.05) is 26.2 Å². The molecule has 142 valence electrons. The Morgan fingerprint density at radius 2 is 1.48 bits per heavy atom. The molecule has 5 nitrogen and oxygen atoms in total. The maximum Gasteiger partial charge on any atom is 0.263 e. The Kier molecular flexibility index (Phi) is 6.01. The molecule has 0 aromatic heterocycles. The Morgan fingerprint density at radius 1 is 0.926 bits per heavy atom. The van der Waals surface area contributed by atoms with Crippen LogP contribution in [0.3, 0.4) is 0 Å². The lowest BCUT2D eigenvalue weighted by Crippen LogP contribution is -2.53. The highest BCUT2D eigenvalue weighted by atomic mass is 35.5. The normalized spacial score (nSPS) is 15.4. The molecule has 27 heavy (non-hydrogen) atoms. The highest BCUT2D eigenvalue weighted by molar-refractivity contribution is 6.30. The van der Waals surface area contributed by atoms with Crippen LogP contribution in [0, 0.1) is 6.92 Å². The third-order valence-electron chi connectivity index (χ3n) is 4.65. The predicted octanol–water partition coefficient (Wildman–Crippen LogP) is 3.40. The number of nitrogens with zero attached hydrogens (tertiary/aromatic N) is 2. The average molecular weight is 387 g/mol. The Hall–Kier alpha value is -2.53. The van der Waals surface area contributed by atoms with Gasteiger partial charge in [-0.05, 0) is 50.2 Å². The third-order valence-corrected chi connectivity index (χ3v) is 4.90. The fraction of sp³-hybridized carbons (Fsp3) is 0.333. The van der Waals surface area contributed by atoms with Gasteiger partial charge in [0.25, 0.3) is 11.8 Å². The standard InChI is InChI=1S/C21H23ClN2O3/c1-15-3-5-17(6-4-15)21(26)24-13-11-23(12-14-24)20(25)16(2)27-19-9-7-18(22)8-10-19/h3-10,16H,11-14H2,1-2H3. The smallest absolute Gasteiger partial charge is 0.263 e. The highest BCUT2D eigenvalue weighted by Crippen LogP contribution is 2.18. The van der Waals surface area contributed by atoms with Crippen molar-refractivity contribution in [2.24, 2.45) is 0 Å². The van der Waals surface area contributed by atoms with Crippen molar-refractivity contribution >= 4 is 23.4 Å². The van der Waals surface area contributed by atoms with Crippen molar-refractivity contribution < 1.29 is 14.3 Å². The lowest BCUT2D eigenvalue weighted by molar-refractivity contribution is -0.139. The van der Waals surface area contributed by atoms with Crippen molar-refractivity contribution in [2.45, 2.75) is 20.0 Å². The van der Waals surface area contributed by atoms with E-state index >= 15 is 0 Å². The summed E-state index contributed by atoms with van der Waals surface area (Å²) in [6.07, 6.45) is -0.592. The van der Waals surface area contributed by atoms with E-state index in [1.54, 1.807) is 41.0 Å². The van der Waals surface area contributed by atoms with E-state index in [2.05, 4.69) is 0 Å². The van der Waals surface area contributed by atoms with E-state index in [-0.39, 0.29) is 11.8 Å². The zero-order valence-electron chi connectivity index (χ0n) is 15.5. The third kappa shape index (κ3) is 4.80. The van der Waals surface area contributed by atoms with Crippen LogP contribution < -0.4 is 4.74 Å². The first-order valence-electron chi connectivity index (χ1n) is 9.01. The molecule has 0 bridgehead atoms. The molecule has 1 atom stereocenters. The summed E-state index contributed by atoms with van der Waals surface area (Å²) in [5.74, 6) is 0.536. The van der Waals surface area contributed by atoms with Crippen molar-refractivity contribution in [1.82, 2.24) is 9.80 Å². The van der Waals surface area contributed by atoms with Gasteiger partial charge in [-0.25, -0.2) is 0 Å². The van der Waals surface area contributed by atoms with Crippen LogP contribution in [-0.4, -0.2) is 53.9 Å². The number of rotatable bonds is 4. The zero-order valence-corrected chi connectivity index (χ0v) is 16.3. The maximum atomic E-state index is 12.6. The number of aryl methyl sites for hydroxylation is 1. The Labute approximate surface area is 164 Å². The summed E-state index contributed by atoms with van der Waals surface area (Å²) >= 11 is 5.86. The van der Waals surface area contributed by atoms with Crippen LogP contribution in [0.15, 0.2) is 48.5 Å². The Morgan fingerprint density at radius 3 is 2.07 bits per heavy atom. The van der Waals surface area contributed by atoms with Crippen molar-refractivity contribution in [3.05, 3.63) is 64.7 Å². The van der Waals surface area contributed by atoms with Crippen molar-refractivity contribution in [3.8, 4) is 5.75 Å². The molecule has 2 aromatic rings. The molecule has 1 aliphatic rings. The van der Waals surface area contributed by atoms with Gasteiger partial charge in [0.15, 0.2) is 6.10 Å². The summed E-state index contributed by atoms with van der Waals surface area (Å²) in [5.41, 5.74) is 1.80. The number of amides is 2. The molecule has 6 heteroatoms. The van der Waals surface area contributed by atoms with E-state index in [0.29, 0.717) is 42.5 Å².